The van der Waals surface area contributed by atoms with Crippen LogP contribution in [0.25, 0.3) is 0 Å². The van der Waals surface area contributed by atoms with Gasteiger partial charge in [0.05, 0.1) is 5.92 Å². The fourth-order valence-corrected chi connectivity index (χ4v) is 2.94. The van der Waals surface area contributed by atoms with Crippen molar-refractivity contribution in [1.82, 2.24) is 15.5 Å². The number of piperidine rings is 1. The SMILES string of the molecule is CC(CNC(=O)C1CCNC1)CN1CCCCC1.Cl.Cl. The second-order valence-electron chi connectivity index (χ2n) is 5.90. The van der Waals surface area contributed by atoms with Crippen LogP contribution in [-0.2, 0) is 4.79 Å². The van der Waals surface area contributed by atoms with Gasteiger partial charge in [-0.25, -0.2) is 0 Å². The monoisotopic (exact) mass is 325 g/mol. The highest BCUT2D eigenvalue weighted by Gasteiger charge is 2.22. The van der Waals surface area contributed by atoms with Crippen molar-refractivity contribution >= 4 is 30.7 Å². The van der Waals surface area contributed by atoms with E-state index in [9.17, 15) is 4.79 Å². The van der Waals surface area contributed by atoms with Gasteiger partial charge in [0.2, 0.25) is 5.91 Å². The van der Waals surface area contributed by atoms with Gasteiger partial charge in [0.15, 0.2) is 0 Å². The lowest BCUT2D eigenvalue weighted by molar-refractivity contribution is -0.124. The number of carbonyl (C=O) groups excluding carboxylic acids is 1. The van der Waals surface area contributed by atoms with Crippen molar-refractivity contribution in [2.75, 3.05) is 39.3 Å². The summed E-state index contributed by atoms with van der Waals surface area (Å²) in [5.41, 5.74) is 0. The minimum atomic E-state index is 0. The molecule has 2 rings (SSSR count). The van der Waals surface area contributed by atoms with Crippen molar-refractivity contribution < 1.29 is 4.79 Å². The molecular weight excluding hydrogens is 297 g/mol. The molecule has 2 unspecified atom stereocenters. The first-order valence-corrected chi connectivity index (χ1v) is 7.46. The van der Waals surface area contributed by atoms with Crippen molar-refractivity contribution in [1.29, 1.82) is 0 Å². The van der Waals surface area contributed by atoms with E-state index in [-0.39, 0.29) is 36.6 Å². The van der Waals surface area contributed by atoms with Crippen LogP contribution in [0.15, 0.2) is 0 Å². The first kappa shape index (κ1) is 20.0. The first-order valence-electron chi connectivity index (χ1n) is 7.46. The summed E-state index contributed by atoms with van der Waals surface area (Å²) in [6, 6.07) is 0. The van der Waals surface area contributed by atoms with E-state index in [1.807, 2.05) is 0 Å². The van der Waals surface area contributed by atoms with Gasteiger partial charge in [-0.15, -0.1) is 24.8 Å². The zero-order valence-corrected chi connectivity index (χ0v) is 14.0. The van der Waals surface area contributed by atoms with Crippen LogP contribution in [0.2, 0.25) is 0 Å². The largest absolute Gasteiger partial charge is 0.356 e. The van der Waals surface area contributed by atoms with E-state index in [1.165, 1.54) is 32.4 Å². The molecule has 2 aliphatic heterocycles. The molecule has 2 aliphatic rings. The molecule has 0 spiro atoms. The molecular formula is C14H29Cl2N3O. The van der Waals surface area contributed by atoms with Crippen LogP contribution in [0, 0.1) is 11.8 Å². The van der Waals surface area contributed by atoms with E-state index >= 15 is 0 Å². The number of nitrogens with zero attached hydrogens (tertiary/aromatic N) is 1. The predicted molar refractivity (Wildman–Crippen MR) is 87.9 cm³/mol. The van der Waals surface area contributed by atoms with Crippen molar-refractivity contribution in [2.45, 2.75) is 32.6 Å². The molecule has 0 saturated carbocycles. The summed E-state index contributed by atoms with van der Waals surface area (Å²) in [7, 11) is 0. The van der Waals surface area contributed by atoms with E-state index in [4.69, 9.17) is 0 Å². The molecule has 0 radical (unpaired) electrons. The fourth-order valence-electron chi connectivity index (χ4n) is 2.94. The second-order valence-corrected chi connectivity index (χ2v) is 5.90. The first-order chi connectivity index (χ1) is 8.75. The number of likely N-dealkylation sites (tertiary alicyclic amines) is 1. The van der Waals surface area contributed by atoms with Crippen molar-refractivity contribution in [3.8, 4) is 0 Å². The summed E-state index contributed by atoms with van der Waals surface area (Å²) >= 11 is 0. The summed E-state index contributed by atoms with van der Waals surface area (Å²) < 4.78 is 0. The molecule has 0 bridgehead atoms. The average molecular weight is 326 g/mol. The molecule has 4 nitrogen and oxygen atoms in total. The second kappa shape index (κ2) is 10.7. The summed E-state index contributed by atoms with van der Waals surface area (Å²) in [5, 5.41) is 6.35. The van der Waals surface area contributed by atoms with Gasteiger partial charge in [-0.05, 0) is 44.8 Å². The van der Waals surface area contributed by atoms with Gasteiger partial charge < -0.3 is 15.5 Å². The number of nitrogens with one attached hydrogen (secondary N) is 2. The predicted octanol–water partition coefficient (Wildman–Crippen LogP) is 1.68. The summed E-state index contributed by atoms with van der Waals surface area (Å²) in [6.07, 6.45) is 5.06. The Bertz CT molecular complexity index is 267. The van der Waals surface area contributed by atoms with E-state index < -0.39 is 0 Å². The molecule has 0 aromatic carbocycles. The lowest BCUT2D eigenvalue weighted by Crippen LogP contribution is -2.39. The molecule has 6 heteroatoms. The highest BCUT2D eigenvalue weighted by Crippen LogP contribution is 2.11. The van der Waals surface area contributed by atoms with Gasteiger partial charge in [-0.1, -0.05) is 13.3 Å². The van der Waals surface area contributed by atoms with E-state index in [0.717, 1.165) is 32.6 Å². The number of rotatable bonds is 5. The number of carbonyl (C=O) groups is 1. The third-order valence-corrected chi connectivity index (χ3v) is 4.07. The van der Waals surface area contributed by atoms with E-state index in [2.05, 4.69) is 22.5 Å². The molecule has 1 amide bonds. The number of amides is 1. The highest BCUT2D eigenvalue weighted by atomic mass is 35.5. The molecule has 2 atom stereocenters. The minimum absolute atomic E-state index is 0. The molecule has 0 aliphatic carbocycles. The summed E-state index contributed by atoms with van der Waals surface area (Å²) in [4.78, 5) is 14.4. The minimum Gasteiger partial charge on any atom is -0.356 e. The Morgan fingerprint density at radius 1 is 1.30 bits per heavy atom. The highest BCUT2D eigenvalue weighted by molar-refractivity contribution is 5.85. The van der Waals surface area contributed by atoms with Gasteiger partial charge >= 0.3 is 0 Å². The standard InChI is InChI=1S/C14H27N3O.2ClH/c1-12(11-17-7-3-2-4-8-17)9-16-14(18)13-5-6-15-10-13;;/h12-13,15H,2-11H2,1H3,(H,16,18);2*1H. The Morgan fingerprint density at radius 2 is 2.00 bits per heavy atom. The molecule has 2 N–H and O–H groups in total. The molecule has 0 aromatic rings. The lowest BCUT2D eigenvalue weighted by Gasteiger charge is -2.29. The lowest BCUT2D eigenvalue weighted by atomic mass is 10.1. The third kappa shape index (κ3) is 6.61. The van der Waals surface area contributed by atoms with Crippen LogP contribution < -0.4 is 10.6 Å². The average Bonchev–Trinajstić information content (AvgIpc) is 2.91. The molecule has 0 aromatic heterocycles. The number of hydrogen-bond acceptors (Lipinski definition) is 3. The molecule has 20 heavy (non-hydrogen) atoms. The Balaban J connectivity index is 0.00000180. The van der Waals surface area contributed by atoms with Crippen molar-refractivity contribution in [3.63, 3.8) is 0 Å². The molecule has 2 fully saturated rings. The van der Waals surface area contributed by atoms with Crippen LogP contribution >= 0.6 is 24.8 Å². The molecule has 2 saturated heterocycles. The summed E-state index contributed by atoms with van der Waals surface area (Å²) in [6.45, 7) is 8.51. The Hall–Kier alpha value is -0.0300. The van der Waals surface area contributed by atoms with Gasteiger partial charge in [0.1, 0.15) is 0 Å². The van der Waals surface area contributed by atoms with E-state index in [0.29, 0.717) is 5.92 Å². The van der Waals surface area contributed by atoms with Gasteiger partial charge in [-0.2, -0.15) is 0 Å². The van der Waals surface area contributed by atoms with Crippen LogP contribution in [0.5, 0.6) is 0 Å². The Morgan fingerprint density at radius 3 is 2.60 bits per heavy atom. The van der Waals surface area contributed by atoms with Crippen molar-refractivity contribution in [3.05, 3.63) is 0 Å². The maximum Gasteiger partial charge on any atom is 0.224 e. The van der Waals surface area contributed by atoms with Gasteiger partial charge in [-0.3, -0.25) is 4.79 Å². The maximum absolute atomic E-state index is 11.9. The maximum atomic E-state index is 11.9. The fraction of sp³-hybridized carbons (Fsp3) is 0.929. The van der Waals surface area contributed by atoms with Crippen molar-refractivity contribution in [2.24, 2.45) is 11.8 Å². The van der Waals surface area contributed by atoms with Gasteiger partial charge in [0, 0.05) is 19.6 Å². The molecule has 2 heterocycles. The molecule has 120 valence electrons. The van der Waals surface area contributed by atoms with Crippen LogP contribution in [0.1, 0.15) is 32.6 Å². The normalized spacial score (nSPS) is 24.4. The van der Waals surface area contributed by atoms with Crippen LogP contribution in [-0.4, -0.2) is 50.1 Å². The van der Waals surface area contributed by atoms with Crippen LogP contribution in [0.4, 0.5) is 0 Å². The zero-order chi connectivity index (χ0) is 12.8. The van der Waals surface area contributed by atoms with Crippen LogP contribution in [0.3, 0.4) is 0 Å². The smallest absolute Gasteiger partial charge is 0.224 e. The number of halogens is 2. The topological polar surface area (TPSA) is 44.4 Å². The Labute approximate surface area is 135 Å². The third-order valence-electron chi connectivity index (χ3n) is 4.07. The zero-order valence-electron chi connectivity index (χ0n) is 12.4. The number of hydrogen-bond donors (Lipinski definition) is 2. The Kier molecular flexibility index (Phi) is 10.6. The van der Waals surface area contributed by atoms with Gasteiger partial charge in [0.25, 0.3) is 0 Å². The van der Waals surface area contributed by atoms with E-state index in [1.54, 1.807) is 0 Å². The quantitative estimate of drug-likeness (QED) is 0.808. The summed E-state index contributed by atoms with van der Waals surface area (Å²) in [5.74, 6) is 0.999.